The van der Waals surface area contributed by atoms with Gasteiger partial charge in [0.2, 0.25) is 11.8 Å². The monoisotopic (exact) mass is 437 g/mol. The second-order valence-electron chi connectivity index (χ2n) is 7.98. The van der Waals surface area contributed by atoms with Crippen LogP contribution in [0.25, 0.3) is 0 Å². The Labute approximate surface area is 188 Å². The quantitative estimate of drug-likeness (QED) is 0.558. The van der Waals surface area contributed by atoms with Crippen LogP contribution in [0.3, 0.4) is 0 Å². The second-order valence-corrected chi connectivity index (χ2v) is 7.98. The lowest BCUT2D eigenvalue weighted by atomic mass is 10.0. The van der Waals surface area contributed by atoms with E-state index in [1.54, 1.807) is 12.1 Å². The summed E-state index contributed by atoms with van der Waals surface area (Å²) in [6.45, 7) is 5.74. The van der Waals surface area contributed by atoms with Gasteiger partial charge in [-0.1, -0.05) is 50.1 Å². The molecule has 1 fully saturated rings. The number of carbonyl (C=O) groups excluding carboxylic acids is 3. The van der Waals surface area contributed by atoms with Crippen LogP contribution in [0, 0.1) is 0 Å². The van der Waals surface area contributed by atoms with E-state index in [-0.39, 0.29) is 36.7 Å². The van der Waals surface area contributed by atoms with Crippen molar-refractivity contribution in [3.05, 3.63) is 72.2 Å². The van der Waals surface area contributed by atoms with Crippen molar-refractivity contribution >= 4 is 17.7 Å². The van der Waals surface area contributed by atoms with Gasteiger partial charge in [0.1, 0.15) is 6.04 Å². The van der Waals surface area contributed by atoms with Crippen molar-refractivity contribution in [3.8, 4) is 0 Å². The molecule has 0 unspecified atom stereocenters. The Kier molecular flexibility index (Phi) is 8.25. The summed E-state index contributed by atoms with van der Waals surface area (Å²) in [6, 6.07) is 10.2. The number of benzene rings is 1. The van der Waals surface area contributed by atoms with Gasteiger partial charge in [-0.05, 0) is 42.5 Å². The average Bonchev–Trinajstić information content (AvgIpc) is 3.52. The van der Waals surface area contributed by atoms with E-state index in [4.69, 9.17) is 4.42 Å². The minimum absolute atomic E-state index is 0.124. The molecule has 1 aliphatic rings. The van der Waals surface area contributed by atoms with Crippen LogP contribution in [0.5, 0.6) is 0 Å². The maximum Gasteiger partial charge on any atom is 0.287 e. The van der Waals surface area contributed by atoms with Crippen molar-refractivity contribution in [2.45, 2.75) is 51.1 Å². The normalized spacial score (nSPS) is 14.5. The summed E-state index contributed by atoms with van der Waals surface area (Å²) < 4.78 is 5.07. The van der Waals surface area contributed by atoms with Crippen molar-refractivity contribution < 1.29 is 18.8 Å². The van der Waals surface area contributed by atoms with E-state index in [9.17, 15) is 14.4 Å². The molecule has 1 aliphatic carbocycles. The molecule has 3 rings (SSSR count). The molecule has 1 saturated carbocycles. The fourth-order valence-electron chi connectivity index (χ4n) is 4.00. The maximum absolute atomic E-state index is 13.4. The third kappa shape index (κ3) is 5.87. The maximum atomic E-state index is 13.4. The van der Waals surface area contributed by atoms with Crippen LogP contribution in [-0.4, -0.2) is 41.8 Å². The zero-order valence-corrected chi connectivity index (χ0v) is 18.5. The van der Waals surface area contributed by atoms with E-state index in [1.807, 2.05) is 24.3 Å². The summed E-state index contributed by atoms with van der Waals surface area (Å²) in [5.41, 5.74) is 1.88. The summed E-state index contributed by atoms with van der Waals surface area (Å²) in [5, 5.41) is 5.69. The summed E-state index contributed by atoms with van der Waals surface area (Å²) in [7, 11) is 0. The van der Waals surface area contributed by atoms with Crippen LogP contribution < -0.4 is 10.6 Å². The minimum atomic E-state index is -0.812. The van der Waals surface area contributed by atoms with Gasteiger partial charge in [0.15, 0.2) is 5.76 Å². The Bertz CT molecular complexity index is 915. The lowest BCUT2D eigenvalue weighted by molar-refractivity contribution is -0.139. The van der Waals surface area contributed by atoms with Gasteiger partial charge in [-0.25, -0.2) is 0 Å². The standard InChI is InChI=1S/C25H31N3O4/c1-3-15-28(22(29)17-26-24(30)21-10-7-16-32-21)23(19-13-11-18(4-2)12-14-19)25(31)27-20-8-5-6-9-20/h3,7,10-14,16,20,23H,1,4-6,8-9,15,17H2,2H3,(H,26,30)(H,27,31)/t23-/m0/s1. The molecule has 7 nitrogen and oxygen atoms in total. The Balaban J connectivity index is 1.81. The van der Waals surface area contributed by atoms with E-state index >= 15 is 0 Å². The number of carbonyl (C=O) groups is 3. The first-order valence-electron chi connectivity index (χ1n) is 11.1. The molecule has 0 radical (unpaired) electrons. The van der Waals surface area contributed by atoms with Crippen LogP contribution in [-0.2, 0) is 16.0 Å². The summed E-state index contributed by atoms with van der Waals surface area (Å²) >= 11 is 0. The van der Waals surface area contributed by atoms with E-state index in [0.717, 1.165) is 43.2 Å². The van der Waals surface area contributed by atoms with Crippen molar-refractivity contribution in [2.24, 2.45) is 0 Å². The van der Waals surface area contributed by atoms with E-state index < -0.39 is 11.9 Å². The molecule has 2 N–H and O–H groups in total. The zero-order chi connectivity index (χ0) is 22.9. The molecular weight excluding hydrogens is 406 g/mol. The van der Waals surface area contributed by atoms with E-state index in [2.05, 4.69) is 24.1 Å². The van der Waals surface area contributed by atoms with Crippen molar-refractivity contribution in [1.82, 2.24) is 15.5 Å². The number of hydrogen-bond donors (Lipinski definition) is 2. The molecule has 0 bridgehead atoms. The highest BCUT2D eigenvalue weighted by molar-refractivity contribution is 5.95. The summed E-state index contributed by atoms with van der Waals surface area (Å²) in [6.07, 6.45) is 7.94. The van der Waals surface area contributed by atoms with Gasteiger partial charge in [0.25, 0.3) is 5.91 Å². The van der Waals surface area contributed by atoms with Gasteiger partial charge < -0.3 is 20.0 Å². The number of rotatable bonds is 10. The Morgan fingerprint density at radius 1 is 1.19 bits per heavy atom. The van der Waals surface area contributed by atoms with Crippen LogP contribution >= 0.6 is 0 Å². The van der Waals surface area contributed by atoms with Crippen molar-refractivity contribution in [2.75, 3.05) is 13.1 Å². The SMILES string of the molecule is C=CCN(C(=O)CNC(=O)c1ccco1)[C@H](C(=O)NC1CCCC1)c1ccc(CC)cc1. The molecule has 7 heteroatoms. The highest BCUT2D eigenvalue weighted by atomic mass is 16.3. The highest BCUT2D eigenvalue weighted by Crippen LogP contribution is 2.25. The van der Waals surface area contributed by atoms with Gasteiger partial charge in [-0.3, -0.25) is 14.4 Å². The fraction of sp³-hybridized carbons (Fsp3) is 0.400. The van der Waals surface area contributed by atoms with Gasteiger partial charge in [-0.2, -0.15) is 0 Å². The summed E-state index contributed by atoms with van der Waals surface area (Å²) in [5.74, 6) is -0.954. The molecule has 1 aromatic carbocycles. The van der Waals surface area contributed by atoms with Crippen LogP contribution in [0.2, 0.25) is 0 Å². The predicted octanol–water partition coefficient (Wildman–Crippen LogP) is 3.39. The number of amides is 3. The molecule has 3 amide bonds. The Hall–Kier alpha value is -3.35. The average molecular weight is 438 g/mol. The third-order valence-electron chi connectivity index (χ3n) is 5.76. The first-order chi connectivity index (χ1) is 15.5. The van der Waals surface area contributed by atoms with E-state index in [0.29, 0.717) is 0 Å². The first kappa shape index (κ1) is 23.3. The lowest BCUT2D eigenvalue weighted by Crippen LogP contribution is -2.48. The molecular formula is C25H31N3O4. The van der Waals surface area contributed by atoms with E-state index in [1.165, 1.54) is 17.2 Å². The Morgan fingerprint density at radius 2 is 1.91 bits per heavy atom. The van der Waals surface area contributed by atoms with Gasteiger partial charge >= 0.3 is 0 Å². The van der Waals surface area contributed by atoms with Crippen molar-refractivity contribution in [3.63, 3.8) is 0 Å². The van der Waals surface area contributed by atoms with Crippen LogP contribution in [0.4, 0.5) is 0 Å². The number of furan rings is 1. The lowest BCUT2D eigenvalue weighted by Gasteiger charge is -2.31. The minimum Gasteiger partial charge on any atom is -0.459 e. The zero-order valence-electron chi connectivity index (χ0n) is 18.5. The van der Waals surface area contributed by atoms with Crippen LogP contribution in [0.15, 0.2) is 59.7 Å². The molecule has 0 saturated heterocycles. The molecule has 0 aliphatic heterocycles. The van der Waals surface area contributed by atoms with Gasteiger partial charge in [0, 0.05) is 12.6 Å². The topological polar surface area (TPSA) is 91.7 Å². The van der Waals surface area contributed by atoms with Gasteiger partial charge in [0.05, 0.1) is 12.8 Å². The highest BCUT2D eigenvalue weighted by Gasteiger charge is 2.32. The van der Waals surface area contributed by atoms with Gasteiger partial charge in [-0.15, -0.1) is 6.58 Å². The number of hydrogen-bond acceptors (Lipinski definition) is 4. The third-order valence-corrected chi connectivity index (χ3v) is 5.76. The smallest absolute Gasteiger partial charge is 0.287 e. The molecule has 1 aromatic heterocycles. The molecule has 1 atom stereocenters. The summed E-state index contributed by atoms with van der Waals surface area (Å²) in [4.78, 5) is 40.1. The van der Waals surface area contributed by atoms with Crippen LogP contribution in [0.1, 0.15) is 60.3 Å². The molecule has 0 spiro atoms. The molecule has 2 aromatic rings. The first-order valence-corrected chi connectivity index (χ1v) is 11.1. The number of aryl methyl sites for hydroxylation is 1. The van der Waals surface area contributed by atoms with Crippen molar-refractivity contribution in [1.29, 1.82) is 0 Å². The number of nitrogens with one attached hydrogen (secondary N) is 2. The fourth-order valence-corrected chi connectivity index (χ4v) is 4.00. The Morgan fingerprint density at radius 3 is 2.50 bits per heavy atom. The predicted molar refractivity (Wildman–Crippen MR) is 122 cm³/mol. The second kappa shape index (κ2) is 11.3. The molecule has 1 heterocycles. The number of nitrogens with zero attached hydrogens (tertiary/aromatic N) is 1. The largest absolute Gasteiger partial charge is 0.459 e. The molecule has 32 heavy (non-hydrogen) atoms. The molecule has 170 valence electrons.